The average Bonchev–Trinajstić information content (AvgIpc) is 0.972. The molecule has 17 nitrogen and oxygen atoms in total. The van der Waals surface area contributed by atoms with Gasteiger partial charge in [0.2, 0.25) is 0 Å². The summed E-state index contributed by atoms with van der Waals surface area (Å²) in [5, 5.41) is 10.6. The van der Waals surface area contributed by atoms with Gasteiger partial charge in [-0.1, -0.05) is 351 Å². The quantitative estimate of drug-likeness (QED) is 0.0222. The third-order valence-electron chi connectivity index (χ3n) is 18.7. The molecule has 0 aliphatic heterocycles. The van der Waals surface area contributed by atoms with Crippen LogP contribution >= 0.6 is 15.6 Å². The molecule has 0 heterocycles. The van der Waals surface area contributed by atoms with Crippen LogP contribution in [-0.2, 0) is 65.4 Å². The summed E-state index contributed by atoms with van der Waals surface area (Å²) in [6.45, 7) is 14.2. The molecule has 0 fully saturated rings. The Bertz CT molecular complexity index is 1920. The van der Waals surface area contributed by atoms with Crippen molar-refractivity contribution >= 4 is 39.5 Å². The first-order chi connectivity index (χ1) is 47.1. The Hall–Kier alpha value is -1.94. The molecule has 0 aromatic heterocycles. The Morgan fingerprint density at radius 2 is 0.490 bits per heavy atom. The topological polar surface area (TPSA) is 237 Å². The Morgan fingerprint density at radius 3 is 0.724 bits per heavy atom. The molecule has 0 saturated heterocycles. The van der Waals surface area contributed by atoms with Crippen molar-refractivity contribution in [1.82, 2.24) is 0 Å². The van der Waals surface area contributed by atoms with Crippen LogP contribution in [0.1, 0.15) is 402 Å². The van der Waals surface area contributed by atoms with Gasteiger partial charge in [0.25, 0.3) is 0 Å². The van der Waals surface area contributed by atoms with Gasteiger partial charge in [-0.2, -0.15) is 0 Å². The van der Waals surface area contributed by atoms with Crippen molar-refractivity contribution in [3.63, 3.8) is 0 Å². The minimum absolute atomic E-state index is 0.105. The van der Waals surface area contributed by atoms with Gasteiger partial charge in [-0.05, 0) is 49.4 Å². The molecule has 582 valence electrons. The number of carbonyl (C=O) groups is 4. The van der Waals surface area contributed by atoms with Crippen molar-refractivity contribution < 1.29 is 80.2 Å². The lowest BCUT2D eigenvalue weighted by Crippen LogP contribution is -2.30. The summed E-state index contributed by atoms with van der Waals surface area (Å²) in [4.78, 5) is 72.9. The molecule has 0 radical (unpaired) electrons. The first kappa shape index (κ1) is 96.1. The Labute approximate surface area is 600 Å². The van der Waals surface area contributed by atoms with Gasteiger partial charge in [-0.25, -0.2) is 9.13 Å². The second-order valence-electron chi connectivity index (χ2n) is 30.1. The van der Waals surface area contributed by atoms with E-state index in [-0.39, 0.29) is 25.7 Å². The normalized spacial score (nSPS) is 14.3. The molecule has 98 heavy (non-hydrogen) atoms. The summed E-state index contributed by atoms with van der Waals surface area (Å²) < 4.78 is 68.6. The standard InChI is InChI=1S/C79H154O17P2/c1-9-72(8)58-50-42-33-27-21-17-14-15-19-23-29-35-45-53-61-78(83)96-75(66-90-77(82)60-52-44-38-37-41-49-57-71(6)7)68-94-98(87,88)92-64-73(80)63-91-97(85,86)93-67-74(95-79(84)62-54-46-36-30-24-26-32-40-48-56-70(4)5)65-89-76(81)59-51-43-34-28-22-18-13-11-10-12-16-20-25-31-39-47-55-69(2)3/h69-75,80H,9-68H2,1-8H3,(H,85,86)(H,87,88)/t72?,73-,74-,75-/m1/s1. The fraction of sp³-hybridized carbons (Fsp3) is 0.949. The van der Waals surface area contributed by atoms with Gasteiger partial charge in [-0.15, -0.1) is 0 Å². The highest BCUT2D eigenvalue weighted by Crippen LogP contribution is 2.45. The first-order valence-electron chi connectivity index (χ1n) is 40.7. The Balaban J connectivity index is 5.18. The van der Waals surface area contributed by atoms with E-state index >= 15 is 0 Å². The zero-order chi connectivity index (χ0) is 72.4. The summed E-state index contributed by atoms with van der Waals surface area (Å²) in [7, 11) is -9.92. The maximum Gasteiger partial charge on any atom is 0.472 e. The number of hydrogen-bond donors (Lipinski definition) is 3. The second-order valence-corrected chi connectivity index (χ2v) is 33.0. The van der Waals surface area contributed by atoms with Crippen LogP contribution < -0.4 is 0 Å². The SMILES string of the molecule is CCC(C)CCCCCCCCCCCCCCCCC(=O)O[C@H](COC(=O)CCCCCCCCC(C)C)COP(=O)(O)OC[C@H](O)COP(=O)(O)OC[C@@H](COC(=O)CCCCCCCCCCCCCCCCCCC(C)C)OC(=O)CCCCCCCCCCCC(C)C. The van der Waals surface area contributed by atoms with Crippen molar-refractivity contribution in [3.8, 4) is 0 Å². The summed E-state index contributed by atoms with van der Waals surface area (Å²) in [6, 6.07) is 0. The maximum atomic E-state index is 13.1. The summed E-state index contributed by atoms with van der Waals surface area (Å²) in [6.07, 6.45) is 54.3. The molecule has 6 atom stereocenters. The summed E-state index contributed by atoms with van der Waals surface area (Å²) >= 11 is 0. The van der Waals surface area contributed by atoms with E-state index in [9.17, 15) is 43.2 Å². The number of rotatable bonds is 76. The highest BCUT2D eigenvalue weighted by Gasteiger charge is 2.30. The van der Waals surface area contributed by atoms with Crippen LogP contribution in [0.5, 0.6) is 0 Å². The van der Waals surface area contributed by atoms with Gasteiger partial charge in [0.1, 0.15) is 19.3 Å². The van der Waals surface area contributed by atoms with Crippen molar-refractivity contribution in [2.45, 2.75) is 420 Å². The number of aliphatic hydroxyl groups is 1. The van der Waals surface area contributed by atoms with Crippen LogP contribution in [0.15, 0.2) is 0 Å². The number of esters is 4. The third-order valence-corrected chi connectivity index (χ3v) is 20.6. The largest absolute Gasteiger partial charge is 0.472 e. The summed E-state index contributed by atoms with van der Waals surface area (Å²) in [5.74, 6) is 0.955. The lowest BCUT2D eigenvalue weighted by molar-refractivity contribution is -0.161. The number of unbranched alkanes of at least 4 members (excludes halogenated alkanes) is 41. The molecule has 0 saturated carbocycles. The number of phosphoric acid groups is 2. The van der Waals surface area contributed by atoms with Gasteiger partial charge in [0, 0.05) is 25.7 Å². The zero-order valence-electron chi connectivity index (χ0n) is 64.4. The van der Waals surface area contributed by atoms with E-state index in [1.54, 1.807) is 0 Å². The molecule has 0 aromatic rings. The maximum absolute atomic E-state index is 13.1. The minimum Gasteiger partial charge on any atom is -0.462 e. The Morgan fingerprint density at radius 1 is 0.286 bits per heavy atom. The highest BCUT2D eigenvalue weighted by atomic mass is 31.2. The smallest absolute Gasteiger partial charge is 0.462 e. The fourth-order valence-electron chi connectivity index (χ4n) is 12.0. The van der Waals surface area contributed by atoms with E-state index in [0.29, 0.717) is 31.6 Å². The van der Waals surface area contributed by atoms with Crippen LogP contribution in [0.25, 0.3) is 0 Å². The molecule has 3 N–H and O–H groups in total. The van der Waals surface area contributed by atoms with Crippen LogP contribution in [0.3, 0.4) is 0 Å². The first-order valence-corrected chi connectivity index (χ1v) is 43.7. The highest BCUT2D eigenvalue weighted by molar-refractivity contribution is 7.47. The number of hydrogen-bond acceptors (Lipinski definition) is 15. The van der Waals surface area contributed by atoms with Crippen molar-refractivity contribution in [2.24, 2.45) is 23.7 Å². The van der Waals surface area contributed by atoms with E-state index in [0.717, 1.165) is 114 Å². The lowest BCUT2D eigenvalue weighted by atomic mass is 9.99. The fourth-order valence-corrected chi connectivity index (χ4v) is 13.6. The average molecular weight is 1440 g/mol. The van der Waals surface area contributed by atoms with Gasteiger partial charge in [-0.3, -0.25) is 37.3 Å². The Kier molecular flexibility index (Phi) is 66.8. The van der Waals surface area contributed by atoms with Gasteiger partial charge in [0.05, 0.1) is 26.4 Å². The second kappa shape index (κ2) is 68.2. The molecular weight excluding hydrogens is 1280 g/mol. The number of phosphoric ester groups is 2. The molecule has 0 aliphatic carbocycles. The van der Waals surface area contributed by atoms with E-state index in [1.165, 1.54) is 199 Å². The van der Waals surface area contributed by atoms with Crippen molar-refractivity contribution in [1.29, 1.82) is 0 Å². The monoisotopic (exact) mass is 1440 g/mol. The van der Waals surface area contributed by atoms with Crippen LogP contribution in [0.4, 0.5) is 0 Å². The molecule has 0 amide bonds. The van der Waals surface area contributed by atoms with Crippen LogP contribution in [0.2, 0.25) is 0 Å². The summed E-state index contributed by atoms with van der Waals surface area (Å²) in [5.41, 5.74) is 0. The van der Waals surface area contributed by atoms with Crippen LogP contribution in [0, 0.1) is 23.7 Å². The molecule has 0 aliphatic rings. The van der Waals surface area contributed by atoms with E-state index in [2.05, 4.69) is 55.4 Å². The van der Waals surface area contributed by atoms with Gasteiger partial charge >= 0.3 is 39.5 Å². The van der Waals surface area contributed by atoms with E-state index in [4.69, 9.17) is 37.0 Å². The van der Waals surface area contributed by atoms with Crippen LogP contribution in [-0.4, -0.2) is 96.7 Å². The predicted molar refractivity (Wildman–Crippen MR) is 400 cm³/mol. The number of aliphatic hydroxyl groups excluding tert-OH is 1. The zero-order valence-corrected chi connectivity index (χ0v) is 66.2. The van der Waals surface area contributed by atoms with E-state index in [1.807, 2.05) is 0 Å². The molecule has 19 heteroatoms. The molecule has 0 aromatic carbocycles. The van der Waals surface area contributed by atoms with E-state index < -0.39 is 97.5 Å². The van der Waals surface area contributed by atoms with Gasteiger partial charge < -0.3 is 33.8 Å². The number of ether oxygens (including phenoxy) is 4. The molecular formula is C79H154O17P2. The molecule has 0 spiro atoms. The predicted octanol–water partition coefficient (Wildman–Crippen LogP) is 23.2. The molecule has 0 rings (SSSR count). The van der Waals surface area contributed by atoms with Gasteiger partial charge in [0.15, 0.2) is 12.2 Å². The third kappa shape index (κ3) is 71.1. The van der Waals surface area contributed by atoms with Crippen molar-refractivity contribution in [3.05, 3.63) is 0 Å². The number of carbonyl (C=O) groups excluding carboxylic acids is 4. The molecule has 3 unspecified atom stereocenters. The molecule has 0 bridgehead atoms. The van der Waals surface area contributed by atoms with Crippen molar-refractivity contribution in [2.75, 3.05) is 39.6 Å². The lowest BCUT2D eigenvalue weighted by Gasteiger charge is -2.21. The minimum atomic E-state index is -4.96.